The summed E-state index contributed by atoms with van der Waals surface area (Å²) in [6.07, 6.45) is 6.99. The Morgan fingerprint density at radius 2 is 1.74 bits per heavy atom. The van der Waals surface area contributed by atoms with Crippen molar-refractivity contribution in [3.05, 3.63) is 95.1 Å². The minimum atomic E-state index is -1.28. The second kappa shape index (κ2) is 12.8. The van der Waals surface area contributed by atoms with E-state index in [9.17, 15) is 15.0 Å². The molecule has 0 spiro atoms. The maximum Gasteiger partial charge on any atom is 2.00 e. The summed E-state index contributed by atoms with van der Waals surface area (Å²) in [6.45, 7) is 1.06. The zero-order valence-corrected chi connectivity index (χ0v) is 20.8. The van der Waals surface area contributed by atoms with Gasteiger partial charge in [0, 0.05) is 23.5 Å². The van der Waals surface area contributed by atoms with Gasteiger partial charge in [-0.1, -0.05) is 84.4 Å². The van der Waals surface area contributed by atoms with Crippen molar-refractivity contribution in [2.24, 2.45) is 15.9 Å². The van der Waals surface area contributed by atoms with E-state index in [4.69, 9.17) is 11.6 Å². The van der Waals surface area contributed by atoms with Gasteiger partial charge in [-0.15, -0.1) is 0 Å². The minimum absolute atomic E-state index is 0. The zero-order chi connectivity index (χ0) is 23.9. The molecule has 3 unspecified atom stereocenters. The molecule has 1 fully saturated rings. The van der Waals surface area contributed by atoms with E-state index < -0.39 is 24.5 Å². The van der Waals surface area contributed by atoms with Gasteiger partial charge in [0.2, 0.25) is 0 Å². The molecule has 1 heterocycles. The van der Waals surface area contributed by atoms with Gasteiger partial charge in [-0.25, -0.2) is 0 Å². The summed E-state index contributed by atoms with van der Waals surface area (Å²) in [5, 5.41) is 25.0. The molecule has 1 aliphatic carbocycles. The van der Waals surface area contributed by atoms with E-state index in [1.165, 1.54) is 0 Å². The molecule has 0 N–H and O–H groups in total. The molecule has 0 aromatic heterocycles. The van der Waals surface area contributed by atoms with Gasteiger partial charge in [-0.3, -0.25) is 14.9 Å². The molecule has 1 aliphatic heterocycles. The van der Waals surface area contributed by atoms with Crippen LogP contribution in [-0.4, -0.2) is 47.7 Å². The van der Waals surface area contributed by atoms with Gasteiger partial charge in [0.15, 0.2) is 0 Å². The molecule has 2 aromatic carbocycles. The number of likely N-dealkylation sites (tertiary alicyclic amines) is 1. The van der Waals surface area contributed by atoms with Crippen molar-refractivity contribution >= 4 is 29.2 Å². The summed E-state index contributed by atoms with van der Waals surface area (Å²) < 4.78 is 0. The van der Waals surface area contributed by atoms with Crippen LogP contribution in [0.15, 0.2) is 93.9 Å². The number of allylic oxidation sites excluding steroid dienone is 2. The molecule has 2 aromatic rings. The van der Waals surface area contributed by atoms with Crippen LogP contribution in [-0.2, 0) is 27.8 Å². The fraction of sp³-hybridized carbons (Fsp3) is 0.296. The van der Waals surface area contributed by atoms with E-state index in [2.05, 4.69) is 27.0 Å². The quantitative estimate of drug-likeness (QED) is 0.295. The number of benzene rings is 2. The molecular formula is C27H26ClN3NiO3. The largest absolute Gasteiger partial charge is 2.00 e. The van der Waals surface area contributed by atoms with E-state index in [0.717, 1.165) is 30.5 Å². The molecule has 6 nitrogen and oxygen atoms in total. The molecule has 2 aliphatic rings. The number of nitrogens with zero attached hydrogens (tertiary/aromatic N) is 3. The van der Waals surface area contributed by atoms with Crippen molar-refractivity contribution in [2.75, 3.05) is 13.1 Å². The molecule has 0 radical (unpaired) electrons. The Labute approximate surface area is 220 Å². The van der Waals surface area contributed by atoms with Crippen LogP contribution in [0.25, 0.3) is 0 Å². The molecular weight excluding hydrogens is 508 g/mol. The van der Waals surface area contributed by atoms with E-state index in [1.54, 1.807) is 18.2 Å². The summed E-state index contributed by atoms with van der Waals surface area (Å²) >= 11 is 6.30. The average molecular weight is 535 g/mol. The molecule has 1 saturated heterocycles. The molecule has 0 amide bonds. The number of aliphatic carboxylic acids is 1. The normalized spacial score (nSPS) is 23.0. The number of rotatable bonds is 8. The molecule has 35 heavy (non-hydrogen) atoms. The van der Waals surface area contributed by atoms with Crippen LogP contribution < -0.4 is 10.2 Å². The van der Waals surface area contributed by atoms with Crippen molar-refractivity contribution in [3.63, 3.8) is 0 Å². The van der Waals surface area contributed by atoms with E-state index >= 15 is 0 Å². The van der Waals surface area contributed by atoms with E-state index in [0.29, 0.717) is 17.3 Å². The molecule has 3 atom stereocenters. The van der Waals surface area contributed by atoms with E-state index in [-0.39, 0.29) is 28.4 Å². The Bertz CT molecular complexity index is 1120. The van der Waals surface area contributed by atoms with Gasteiger partial charge < -0.3 is 15.0 Å². The number of carbonyl (C=O) groups is 1. The number of hydrogen-bond acceptors (Lipinski definition) is 6. The maximum absolute atomic E-state index is 13.3. The third-order valence-electron chi connectivity index (χ3n) is 6.08. The van der Waals surface area contributed by atoms with Gasteiger partial charge in [0.25, 0.3) is 0 Å². The van der Waals surface area contributed by atoms with Gasteiger partial charge in [-0.05, 0) is 42.5 Å². The second-order valence-electron chi connectivity index (χ2n) is 8.45. The fourth-order valence-electron chi connectivity index (χ4n) is 4.49. The first-order valence-electron chi connectivity index (χ1n) is 11.4. The average Bonchev–Trinajstić information content (AvgIpc) is 3.30. The van der Waals surface area contributed by atoms with Gasteiger partial charge >= 0.3 is 16.5 Å². The minimum Gasteiger partial charge on any atom is -0.861 e. The van der Waals surface area contributed by atoms with Crippen LogP contribution in [0.1, 0.15) is 24.0 Å². The van der Waals surface area contributed by atoms with Crippen molar-refractivity contribution in [1.29, 1.82) is 0 Å². The molecule has 4 rings (SSSR count). The summed E-state index contributed by atoms with van der Waals surface area (Å²) in [5.74, 6) is -1.92. The first-order chi connectivity index (χ1) is 16.5. The Balaban J connectivity index is 0.00000342. The number of hydrogen-bond donors (Lipinski definition) is 0. The summed E-state index contributed by atoms with van der Waals surface area (Å²) in [4.78, 5) is 22.2. The third kappa shape index (κ3) is 7.14. The standard InChI is InChI=1S/C27H28ClN3O3.Ni/c28-21-13-14-23(22(16-21)26(29-17-25(32)33)20-10-5-2-6-11-20)30-27(34)24-12-7-15-31(24)18-19-8-3-1-4-9-19;/h1-6,8-11,13-14,16,22-24H,7,12,15,17-18H2,(H,30,34)(H,32,33);/q;+2/p-2. The summed E-state index contributed by atoms with van der Waals surface area (Å²) in [7, 11) is 0. The maximum atomic E-state index is 13.3. The van der Waals surface area contributed by atoms with E-state index in [1.807, 2.05) is 48.5 Å². The SMILES string of the molecule is O=C([O-])CN=C(c1ccccc1)C1C=C(Cl)C=CC1N=C([O-])C1CCCN1Cc1ccccc1.[Ni+2]. The summed E-state index contributed by atoms with van der Waals surface area (Å²) in [5.41, 5.74) is 2.43. The van der Waals surface area contributed by atoms with Crippen LogP contribution in [0.4, 0.5) is 0 Å². The number of carboxylic acid groups (broad SMARTS) is 1. The van der Waals surface area contributed by atoms with Crippen LogP contribution >= 0.6 is 11.6 Å². The molecule has 0 bridgehead atoms. The van der Waals surface area contributed by atoms with Crippen molar-refractivity contribution in [1.82, 2.24) is 4.90 Å². The number of halogens is 1. The Morgan fingerprint density at radius 1 is 1.06 bits per heavy atom. The van der Waals surface area contributed by atoms with Crippen molar-refractivity contribution in [3.8, 4) is 0 Å². The predicted octanol–water partition coefficient (Wildman–Crippen LogP) is 2.32. The zero-order valence-electron chi connectivity index (χ0n) is 19.0. The second-order valence-corrected chi connectivity index (χ2v) is 8.88. The van der Waals surface area contributed by atoms with Gasteiger partial charge in [-0.2, -0.15) is 0 Å². The smallest absolute Gasteiger partial charge is 0.861 e. The molecule has 8 heteroatoms. The van der Waals surface area contributed by atoms with Crippen LogP contribution in [0.3, 0.4) is 0 Å². The van der Waals surface area contributed by atoms with Crippen LogP contribution in [0.5, 0.6) is 0 Å². The first-order valence-corrected chi connectivity index (χ1v) is 11.8. The topological polar surface area (TPSA) is 91.1 Å². The molecule has 184 valence electrons. The predicted molar refractivity (Wildman–Crippen MR) is 131 cm³/mol. The Hall–Kier alpha value is -2.73. The van der Waals surface area contributed by atoms with Crippen molar-refractivity contribution in [2.45, 2.75) is 31.5 Å². The van der Waals surface area contributed by atoms with Crippen LogP contribution in [0, 0.1) is 5.92 Å². The summed E-state index contributed by atoms with van der Waals surface area (Å²) in [6, 6.07) is 18.6. The van der Waals surface area contributed by atoms with Gasteiger partial charge in [0.1, 0.15) is 0 Å². The first kappa shape index (κ1) is 26.9. The number of carboxylic acids is 1. The monoisotopic (exact) mass is 533 g/mol. The third-order valence-corrected chi connectivity index (χ3v) is 6.33. The van der Waals surface area contributed by atoms with Crippen molar-refractivity contribution < 1.29 is 31.5 Å². The van der Waals surface area contributed by atoms with Gasteiger partial charge in [0.05, 0.1) is 24.3 Å². The number of carbonyl (C=O) groups excluding carboxylic acids is 1. The fourth-order valence-corrected chi connectivity index (χ4v) is 4.70. The molecule has 0 saturated carbocycles. The van der Waals surface area contributed by atoms with Crippen LogP contribution in [0.2, 0.25) is 0 Å². The number of aliphatic imine (C=N–C) groups is 2. The Morgan fingerprint density at radius 3 is 2.43 bits per heavy atom. The Kier molecular flexibility index (Phi) is 9.85.